The Morgan fingerprint density at radius 1 is 1.12 bits per heavy atom. The molecule has 4 heteroatoms. The molecule has 0 aliphatic carbocycles. The summed E-state index contributed by atoms with van der Waals surface area (Å²) in [6, 6.07) is 11.9. The minimum Gasteiger partial charge on any atom is -0.478 e. The highest BCUT2D eigenvalue weighted by Gasteiger charge is 2.20. The Kier molecular flexibility index (Phi) is 6.80. The summed E-state index contributed by atoms with van der Waals surface area (Å²) in [5.41, 5.74) is 2.82. The highest BCUT2D eigenvalue weighted by molar-refractivity contribution is 5.72. The maximum Gasteiger partial charge on any atom is 0.216 e. The van der Waals surface area contributed by atoms with Crippen molar-refractivity contribution < 1.29 is 9.53 Å². The Bertz CT molecular complexity index is 782. The number of amides is 1. The van der Waals surface area contributed by atoms with E-state index in [1.165, 1.54) is 6.92 Å². The molecular weight excluding hydrogens is 324 g/mol. The van der Waals surface area contributed by atoms with Gasteiger partial charge < -0.3 is 10.1 Å². The average Bonchev–Trinajstić information content (AvgIpc) is 2.64. The first-order valence-electron chi connectivity index (χ1n) is 8.86. The first-order chi connectivity index (χ1) is 12.4. The van der Waals surface area contributed by atoms with Gasteiger partial charge in [0.05, 0.1) is 6.61 Å². The highest BCUT2D eigenvalue weighted by Crippen LogP contribution is 2.22. The lowest BCUT2D eigenvalue weighted by Gasteiger charge is -2.25. The number of aromatic nitrogens is 1. The number of carbonyl (C=O) groups excluding carboxylic acids is 1. The molecule has 0 saturated carbocycles. The van der Waals surface area contributed by atoms with Gasteiger partial charge in [0.15, 0.2) is 0 Å². The molecule has 4 nitrogen and oxygen atoms in total. The predicted octanol–water partition coefficient (Wildman–Crippen LogP) is 3.68. The largest absolute Gasteiger partial charge is 0.478 e. The fourth-order valence-electron chi connectivity index (χ4n) is 2.34. The molecule has 0 aliphatic heterocycles. The third kappa shape index (κ3) is 5.93. The van der Waals surface area contributed by atoms with Crippen LogP contribution in [0, 0.1) is 11.8 Å². The van der Waals surface area contributed by atoms with Crippen LogP contribution in [0.1, 0.15) is 50.8 Å². The van der Waals surface area contributed by atoms with Crippen LogP contribution in [0.3, 0.4) is 0 Å². The van der Waals surface area contributed by atoms with Crippen LogP contribution in [0.15, 0.2) is 42.6 Å². The number of hydrogen-bond acceptors (Lipinski definition) is 3. The molecule has 1 aromatic carbocycles. The monoisotopic (exact) mass is 350 g/mol. The predicted molar refractivity (Wildman–Crippen MR) is 104 cm³/mol. The van der Waals surface area contributed by atoms with Crippen LogP contribution in [0.2, 0.25) is 0 Å². The van der Waals surface area contributed by atoms with Gasteiger partial charge in [0.2, 0.25) is 11.8 Å². The van der Waals surface area contributed by atoms with Crippen molar-refractivity contribution in [1.82, 2.24) is 10.3 Å². The molecule has 26 heavy (non-hydrogen) atoms. The van der Waals surface area contributed by atoms with E-state index in [4.69, 9.17) is 4.74 Å². The maximum atomic E-state index is 11.1. The van der Waals surface area contributed by atoms with Gasteiger partial charge in [-0.05, 0) is 30.2 Å². The van der Waals surface area contributed by atoms with Crippen molar-refractivity contribution in [2.75, 3.05) is 13.2 Å². The average molecular weight is 350 g/mol. The summed E-state index contributed by atoms with van der Waals surface area (Å²) in [4.78, 5) is 15.4. The van der Waals surface area contributed by atoms with Gasteiger partial charge in [0.25, 0.3) is 0 Å². The maximum absolute atomic E-state index is 11.1. The number of nitrogens with zero attached hydrogens (tertiary/aromatic N) is 1. The van der Waals surface area contributed by atoms with E-state index < -0.39 is 0 Å². The topological polar surface area (TPSA) is 51.2 Å². The van der Waals surface area contributed by atoms with E-state index in [-0.39, 0.29) is 11.3 Å². The number of rotatable bonds is 6. The summed E-state index contributed by atoms with van der Waals surface area (Å²) in [6.45, 7) is 9.08. The summed E-state index contributed by atoms with van der Waals surface area (Å²) in [6.07, 6.45) is 2.68. The lowest BCUT2D eigenvalue weighted by molar-refractivity contribution is -0.119. The van der Waals surface area contributed by atoms with E-state index in [2.05, 4.69) is 55.0 Å². The number of benzene rings is 1. The SMILES string of the molecule is CCCOc1ccc(C#Cc2ccc(C(C)(C)CNC(C)=O)cc2)cn1. The van der Waals surface area contributed by atoms with Crippen LogP contribution in [-0.4, -0.2) is 24.0 Å². The van der Waals surface area contributed by atoms with E-state index in [9.17, 15) is 4.79 Å². The zero-order valence-electron chi connectivity index (χ0n) is 15.9. The third-order valence-corrected chi connectivity index (χ3v) is 3.99. The number of ether oxygens (including phenoxy) is 1. The van der Waals surface area contributed by atoms with Crippen LogP contribution in [0.25, 0.3) is 0 Å². The normalized spacial score (nSPS) is 10.6. The second kappa shape index (κ2) is 9.05. The van der Waals surface area contributed by atoms with Crippen LogP contribution < -0.4 is 10.1 Å². The number of hydrogen-bond donors (Lipinski definition) is 1. The van der Waals surface area contributed by atoms with Crippen LogP contribution in [0.4, 0.5) is 0 Å². The molecular formula is C22H26N2O2. The first-order valence-corrected chi connectivity index (χ1v) is 8.86. The molecule has 0 fully saturated rings. The quantitative estimate of drug-likeness (QED) is 0.809. The van der Waals surface area contributed by atoms with E-state index in [1.807, 2.05) is 24.3 Å². The second-order valence-corrected chi connectivity index (χ2v) is 6.85. The summed E-state index contributed by atoms with van der Waals surface area (Å²) >= 11 is 0. The van der Waals surface area contributed by atoms with Crippen molar-refractivity contribution in [1.29, 1.82) is 0 Å². The zero-order valence-corrected chi connectivity index (χ0v) is 15.9. The lowest BCUT2D eigenvalue weighted by atomic mass is 9.84. The minimum absolute atomic E-state index is 0.0136. The van der Waals surface area contributed by atoms with Gasteiger partial charge in [-0.15, -0.1) is 0 Å². The van der Waals surface area contributed by atoms with Crippen molar-refractivity contribution >= 4 is 5.91 Å². The first kappa shape index (κ1) is 19.5. The Hall–Kier alpha value is -2.80. The summed E-state index contributed by atoms with van der Waals surface area (Å²) in [5.74, 6) is 6.88. The number of carbonyl (C=O) groups is 1. The van der Waals surface area contributed by atoms with E-state index in [0.717, 1.165) is 23.1 Å². The Balaban J connectivity index is 2.03. The number of pyridine rings is 1. The molecule has 0 atom stereocenters. The molecule has 1 heterocycles. The van der Waals surface area contributed by atoms with Crippen LogP contribution in [0.5, 0.6) is 5.88 Å². The summed E-state index contributed by atoms with van der Waals surface area (Å²) in [5, 5.41) is 2.88. The molecule has 0 radical (unpaired) electrons. The molecule has 0 aliphatic rings. The van der Waals surface area contributed by atoms with Crippen molar-refractivity contribution in [2.45, 2.75) is 39.5 Å². The van der Waals surface area contributed by atoms with Crippen molar-refractivity contribution in [3.8, 4) is 17.7 Å². The summed E-state index contributed by atoms with van der Waals surface area (Å²) in [7, 11) is 0. The van der Waals surface area contributed by atoms with Gasteiger partial charge >= 0.3 is 0 Å². The highest BCUT2D eigenvalue weighted by atomic mass is 16.5. The zero-order chi connectivity index (χ0) is 19.0. The van der Waals surface area contributed by atoms with Crippen LogP contribution >= 0.6 is 0 Å². The van der Waals surface area contributed by atoms with Crippen molar-refractivity contribution in [3.05, 3.63) is 59.3 Å². The fraction of sp³-hybridized carbons (Fsp3) is 0.364. The van der Waals surface area contributed by atoms with E-state index >= 15 is 0 Å². The van der Waals surface area contributed by atoms with Gasteiger partial charge in [-0.1, -0.05) is 44.7 Å². The Morgan fingerprint density at radius 2 is 1.77 bits per heavy atom. The Morgan fingerprint density at radius 3 is 2.35 bits per heavy atom. The molecule has 0 unspecified atom stereocenters. The molecule has 0 bridgehead atoms. The van der Waals surface area contributed by atoms with Crippen LogP contribution in [-0.2, 0) is 10.2 Å². The lowest BCUT2D eigenvalue weighted by Crippen LogP contribution is -2.35. The molecule has 1 aromatic heterocycles. The molecule has 0 spiro atoms. The van der Waals surface area contributed by atoms with Crippen molar-refractivity contribution in [3.63, 3.8) is 0 Å². The molecule has 0 saturated heterocycles. The smallest absolute Gasteiger partial charge is 0.216 e. The Labute approximate surface area is 156 Å². The molecule has 1 N–H and O–H groups in total. The molecule has 136 valence electrons. The van der Waals surface area contributed by atoms with E-state index in [1.54, 1.807) is 6.20 Å². The molecule has 2 aromatic rings. The standard InChI is InChI=1S/C22H26N2O2/c1-5-14-26-21-13-10-19(15-23-21)7-6-18-8-11-20(12-9-18)22(3,4)16-24-17(2)25/h8-13,15H,5,14,16H2,1-4H3,(H,24,25). The van der Waals surface area contributed by atoms with Gasteiger partial charge in [-0.3, -0.25) is 4.79 Å². The second-order valence-electron chi connectivity index (χ2n) is 6.85. The fourth-order valence-corrected chi connectivity index (χ4v) is 2.34. The number of nitrogens with one attached hydrogen (secondary N) is 1. The van der Waals surface area contributed by atoms with Crippen molar-refractivity contribution in [2.24, 2.45) is 0 Å². The summed E-state index contributed by atoms with van der Waals surface area (Å²) < 4.78 is 5.47. The van der Waals surface area contributed by atoms with Gasteiger partial charge in [0.1, 0.15) is 0 Å². The third-order valence-electron chi connectivity index (χ3n) is 3.99. The minimum atomic E-state index is -0.129. The van der Waals surface area contributed by atoms with Gasteiger partial charge in [-0.25, -0.2) is 4.98 Å². The van der Waals surface area contributed by atoms with Gasteiger partial charge in [-0.2, -0.15) is 0 Å². The van der Waals surface area contributed by atoms with E-state index in [0.29, 0.717) is 19.0 Å². The molecule has 1 amide bonds. The molecule has 2 rings (SSSR count). The van der Waals surface area contributed by atoms with Gasteiger partial charge in [0, 0.05) is 42.3 Å².